The summed E-state index contributed by atoms with van der Waals surface area (Å²) >= 11 is 0. The third kappa shape index (κ3) is 5.95. The molecular formula is C22H32N4O3. The highest BCUT2D eigenvalue weighted by molar-refractivity contribution is 5.85. The van der Waals surface area contributed by atoms with Gasteiger partial charge in [0.25, 0.3) is 0 Å². The number of carbonyl (C=O) groups is 3. The van der Waals surface area contributed by atoms with Crippen molar-refractivity contribution in [3.8, 4) is 0 Å². The van der Waals surface area contributed by atoms with Crippen molar-refractivity contribution in [1.82, 2.24) is 20.9 Å². The lowest BCUT2D eigenvalue weighted by Crippen LogP contribution is -2.44. The molecule has 3 N–H and O–H groups in total. The predicted molar refractivity (Wildman–Crippen MR) is 111 cm³/mol. The lowest BCUT2D eigenvalue weighted by atomic mass is 10.0. The van der Waals surface area contributed by atoms with Gasteiger partial charge in [0.2, 0.25) is 11.8 Å². The van der Waals surface area contributed by atoms with Crippen LogP contribution in [-0.4, -0.2) is 48.4 Å². The van der Waals surface area contributed by atoms with Crippen LogP contribution in [0.3, 0.4) is 0 Å². The highest BCUT2D eigenvalue weighted by atomic mass is 16.2. The molecule has 1 saturated heterocycles. The maximum absolute atomic E-state index is 12.6. The average Bonchev–Trinajstić information content (AvgIpc) is 3.01. The third-order valence-electron chi connectivity index (χ3n) is 5.80. The molecule has 0 aromatic heterocycles. The Morgan fingerprint density at radius 3 is 2.66 bits per heavy atom. The highest BCUT2D eigenvalue weighted by Gasteiger charge is 2.42. The Labute approximate surface area is 172 Å². The molecule has 29 heavy (non-hydrogen) atoms. The molecule has 1 aromatic carbocycles. The zero-order valence-electron chi connectivity index (χ0n) is 17.3. The summed E-state index contributed by atoms with van der Waals surface area (Å²) in [4.78, 5) is 39.0. The quantitative estimate of drug-likeness (QED) is 0.681. The van der Waals surface area contributed by atoms with Crippen LogP contribution in [0.25, 0.3) is 0 Å². The fourth-order valence-corrected chi connectivity index (χ4v) is 4.16. The van der Waals surface area contributed by atoms with Crippen molar-refractivity contribution >= 4 is 17.8 Å². The lowest BCUT2D eigenvalue weighted by Gasteiger charge is -2.23. The van der Waals surface area contributed by atoms with E-state index in [0.29, 0.717) is 38.4 Å². The van der Waals surface area contributed by atoms with E-state index in [9.17, 15) is 14.4 Å². The molecule has 2 fully saturated rings. The Morgan fingerprint density at radius 1 is 1.17 bits per heavy atom. The van der Waals surface area contributed by atoms with E-state index in [1.165, 1.54) is 0 Å². The summed E-state index contributed by atoms with van der Waals surface area (Å²) in [6, 6.07) is 9.40. The zero-order valence-corrected chi connectivity index (χ0v) is 17.3. The van der Waals surface area contributed by atoms with Crippen LogP contribution < -0.4 is 16.0 Å². The first-order chi connectivity index (χ1) is 13.9. The molecule has 1 aliphatic carbocycles. The van der Waals surface area contributed by atoms with Crippen LogP contribution >= 0.6 is 0 Å². The van der Waals surface area contributed by atoms with Gasteiger partial charge in [0.15, 0.2) is 0 Å². The molecule has 0 radical (unpaired) electrons. The van der Waals surface area contributed by atoms with Crippen LogP contribution in [0.5, 0.6) is 0 Å². The molecule has 4 amide bonds. The number of rotatable bonds is 6. The standard InChI is InChI=1S/C22H32N4O3/c1-15(2)8-9-23-21(28)17-10-18-13-26(14-20(27)25-19(18)11-17)22(29)24-12-16-6-4-3-5-7-16/h3-7,15,17-19H,8-14H2,1-2H3,(H,23,28)(H,24,29)(H,25,27). The summed E-state index contributed by atoms with van der Waals surface area (Å²) in [5, 5.41) is 8.94. The Balaban J connectivity index is 1.54. The number of hydrogen-bond acceptors (Lipinski definition) is 3. The second-order valence-corrected chi connectivity index (χ2v) is 8.60. The van der Waals surface area contributed by atoms with Crippen LogP contribution in [0.15, 0.2) is 30.3 Å². The minimum absolute atomic E-state index is 0.0460. The molecule has 3 atom stereocenters. The minimum Gasteiger partial charge on any atom is -0.356 e. The molecule has 2 aliphatic rings. The zero-order chi connectivity index (χ0) is 20.8. The molecule has 7 nitrogen and oxygen atoms in total. The van der Waals surface area contributed by atoms with Gasteiger partial charge in [-0.25, -0.2) is 4.79 Å². The first-order valence-electron chi connectivity index (χ1n) is 10.6. The van der Waals surface area contributed by atoms with Crippen LogP contribution in [0, 0.1) is 17.8 Å². The van der Waals surface area contributed by atoms with E-state index in [1.807, 2.05) is 30.3 Å². The van der Waals surface area contributed by atoms with Gasteiger partial charge in [-0.2, -0.15) is 0 Å². The summed E-state index contributed by atoms with van der Waals surface area (Å²) in [5.41, 5.74) is 1.01. The van der Waals surface area contributed by atoms with Crippen LogP contribution in [0.4, 0.5) is 4.79 Å². The molecule has 3 rings (SSSR count). The van der Waals surface area contributed by atoms with E-state index >= 15 is 0 Å². The topological polar surface area (TPSA) is 90.5 Å². The number of nitrogens with one attached hydrogen (secondary N) is 3. The molecule has 7 heteroatoms. The molecule has 1 aromatic rings. The number of amides is 4. The smallest absolute Gasteiger partial charge is 0.318 e. The molecule has 158 valence electrons. The number of carbonyl (C=O) groups excluding carboxylic acids is 3. The second kappa shape index (κ2) is 9.76. The van der Waals surface area contributed by atoms with Crippen molar-refractivity contribution in [3.05, 3.63) is 35.9 Å². The Morgan fingerprint density at radius 2 is 1.93 bits per heavy atom. The number of fused-ring (bicyclic) bond motifs is 1. The van der Waals surface area contributed by atoms with Crippen LogP contribution in [0.1, 0.15) is 38.7 Å². The molecule has 0 bridgehead atoms. The van der Waals surface area contributed by atoms with Crippen molar-refractivity contribution in [2.24, 2.45) is 17.8 Å². The Hall–Kier alpha value is -2.57. The number of urea groups is 1. The first-order valence-corrected chi connectivity index (χ1v) is 10.6. The van der Waals surface area contributed by atoms with Crippen LogP contribution in [0.2, 0.25) is 0 Å². The highest BCUT2D eigenvalue weighted by Crippen LogP contribution is 2.33. The predicted octanol–water partition coefficient (Wildman–Crippen LogP) is 1.89. The van der Waals surface area contributed by atoms with Gasteiger partial charge >= 0.3 is 6.03 Å². The first kappa shape index (κ1) is 21.1. The van der Waals surface area contributed by atoms with E-state index < -0.39 is 0 Å². The van der Waals surface area contributed by atoms with Crippen molar-refractivity contribution < 1.29 is 14.4 Å². The minimum atomic E-state index is -0.241. The van der Waals surface area contributed by atoms with Gasteiger partial charge < -0.3 is 20.9 Å². The Kier molecular flexibility index (Phi) is 7.12. The lowest BCUT2D eigenvalue weighted by molar-refractivity contribution is -0.125. The summed E-state index contributed by atoms with van der Waals surface area (Å²) < 4.78 is 0. The molecule has 0 spiro atoms. The van der Waals surface area contributed by atoms with E-state index in [-0.39, 0.29) is 42.3 Å². The van der Waals surface area contributed by atoms with Gasteiger partial charge in [-0.3, -0.25) is 9.59 Å². The fourth-order valence-electron chi connectivity index (χ4n) is 4.16. The molecular weight excluding hydrogens is 368 g/mol. The van der Waals surface area contributed by atoms with Gasteiger partial charge in [0.05, 0.1) is 0 Å². The summed E-state index contributed by atoms with van der Waals surface area (Å²) in [7, 11) is 0. The average molecular weight is 401 g/mol. The molecule has 1 saturated carbocycles. The van der Waals surface area contributed by atoms with Gasteiger partial charge in [-0.1, -0.05) is 44.2 Å². The maximum atomic E-state index is 12.6. The van der Waals surface area contributed by atoms with Gasteiger partial charge in [0.1, 0.15) is 6.54 Å². The number of benzene rings is 1. The van der Waals surface area contributed by atoms with Crippen molar-refractivity contribution in [2.45, 2.75) is 45.7 Å². The number of hydrogen-bond donors (Lipinski definition) is 3. The summed E-state index contributed by atoms with van der Waals surface area (Å²) in [6.07, 6.45) is 2.29. The van der Waals surface area contributed by atoms with Crippen molar-refractivity contribution in [2.75, 3.05) is 19.6 Å². The van der Waals surface area contributed by atoms with E-state index in [4.69, 9.17) is 0 Å². The van der Waals surface area contributed by atoms with E-state index in [1.54, 1.807) is 4.90 Å². The maximum Gasteiger partial charge on any atom is 0.318 e. The molecule has 3 unspecified atom stereocenters. The van der Waals surface area contributed by atoms with Gasteiger partial charge in [-0.15, -0.1) is 0 Å². The van der Waals surface area contributed by atoms with Gasteiger partial charge in [0, 0.05) is 31.6 Å². The largest absolute Gasteiger partial charge is 0.356 e. The third-order valence-corrected chi connectivity index (χ3v) is 5.80. The van der Waals surface area contributed by atoms with E-state index in [0.717, 1.165) is 12.0 Å². The fraction of sp³-hybridized carbons (Fsp3) is 0.591. The van der Waals surface area contributed by atoms with Gasteiger partial charge in [-0.05, 0) is 36.7 Å². The van der Waals surface area contributed by atoms with E-state index in [2.05, 4.69) is 29.8 Å². The second-order valence-electron chi connectivity index (χ2n) is 8.60. The monoisotopic (exact) mass is 400 g/mol. The van der Waals surface area contributed by atoms with Crippen molar-refractivity contribution in [1.29, 1.82) is 0 Å². The Bertz CT molecular complexity index is 722. The van der Waals surface area contributed by atoms with Crippen molar-refractivity contribution in [3.63, 3.8) is 0 Å². The molecule has 1 heterocycles. The normalized spacial score (nSPS) is 23.9. The summed E-state index contributed by atoms with van der Waals surface area (Å²) in [5.74, 6) is 0.447. The SMILES string of the molecule is CC(C)CCNC(=O)C1CC2CN(C(=O)NCc3ccccc3)CC(=O)NC2C1. The summed E-state index contributed by atoms with van der Waals surface area (Å²) in [6.45, 7) is 5.91. The molecule has 1 aliphatic heterocycles. The van der Waals surface area contributed by atoms with Crippen LogP contribution in [-0.2, 0) is 16.1 Å². The number of nitrogens with zero attached hydrogens (tertiary/aromatic N) is 1.